The minimum absolute atomic E-state index is 0.0510. The molecule has 0 saturated heterocycles. The Morgan fingerprint density at radius 3 is 2.67 bits per heavy atom. The summed E-state index contributed by atoms with van der Waals surface area (Å²) in [7, 11) is 1.56. The number of ether oxygens (including phenoxy) is 1. The van der Waals surface area contributed by atoms with Crippen LogP contribution in [0.15, 0.2) is 48.5 Å². The lowest BCUT2D eigenvalue weighted by molar-refractivity contribution is -0.120. The predicted molar refractivity (Wildman–Crippen MR) is 106 cm³/mol. The highest BCUT2D eigenvalue weighted by molar-refractivity contribution is 6.03. The number of nitrogens with zero attached hydrogens (tertiary/aromatic N) is 1. The van der Waals surface area contributed by atoms with Crippen molar-refractivity contribution in [2.45, 2.75) is 32.7 Å². The maximum absolute atomic E-state index is 13.2. The highest BCUT2D eigenvalue weighted by Gasteiger charge is 2.31. The Labute approximate surface area is 160 Å². The van der Waals surface area contributed by atoms with Crippen LogP contribution in [-0.2, 0) is 11.2 Å². The van der Waals surface area contributed by atoms with Crippen molar-refractivity contribution < 1.29 is 14.3 Å². The van der Waals surface area contributed by atoms with Crippen molar-refractivity contribution in [1.82, 2.24) is 5.32 Å². The van der Waals surface area contributed by atoms with E-state index in [-0.39, 0.29) is 17.7 Å². The minimum atomic E-state index is -0.560. The summed E-state index contributed by atoms with van der Waals surface area (Å²) >= 11 is 0. The monoisotopic (exact) mass is 366 g/mol. The lowest BCUT2D eigenvalue weighted by Crippen LogP contribution is -2.49. The zero-order chi connectivity index (χ0) is 19.4. The van der Waals surface area contributed by atoms with Gasteiger partial charge in [0.15, 0.2) is 0 Å². The molecule has 1 heterocycles. The summed E-state index contributed by atoms with van der Waals surface area (Å²) in [5.41, 5.74) is 2.61. The first kappa shape index (κ1) is 19.0. The number of methoxy groups -OCH3 is 1. The van der Waals surface area contributed by atoms with E-state index >= 15 is 0 Å². The maximum atomic E-state index is 13.2. The first-order valence-corrected chi connectivity index (χ1v) is 9.33. The lowest BCUT2D eigenvalue weighted by atomic mass is 10.0. The van der Waals surface area contributed by atoms with Crippen molar-refractivity contribution >= 4 is 17.5 Å². The van der Waals surface area contributed by atoms with Crippen molar-refractivity contribution in [3.8, 4) is 5.75 Å². The molecule has 0 spiro atoms. The average Bonchev–Trinajstić information content (AvgIpc) is 3.10. The first-order chi connectivity index (χ1) is 13.0. The molecule has 0 fully saturated rings. The van der Waals surface area contributed by atoms with E-state index in [1.165, 1.54) is 5.56 Å². The number of anilines is 1. The number of nitrogens with one attached hydrogen (secondary N) is 1. The third-order valence-corrected chi connectivity index (χ3v) is 4.80. The van der Waals surface area contributed by atoms with Crippen LogP contribution >= 0.6 is 0 Å². The Morgan fingerprint density at radius 1 is 1.15 bits per heavy atom. The molecule has 0 aromatic heterocycles. The summed E-state index contributed by atoms with van der Waals surface area (Å²) in [5.74, 6) is 0.579. The van der Waals surface area contributed by atoms with Gasteiger partial charge in [-0.15, -0.1) is 0 Å². The Kier molecular flexibility index (Phi) is 5.79. The van der Waals surface area contributed by atoms with E-state index in [1.54, 1.807) is 36.3 Å². The molecule has 2 amide bonds. The maximum Gasteiger partial charge on any atom is 0.252 e. The van der Waals surface area contributed by atoms with Gasteiger partial charge in [0, 0.05) is 17.8 Å². The third kappa shape index (κ3) is 4.30. The molecule has 5 nitrogen and oxygen atoms in total. The van der Waals surface area contributed by atoms with Crippen LogP contribution in [0.25, 0.3) is 0 Å². The van der Waals surface area contributed by atoms with E-state index in [1.807, 2.05) is 18.2 Å². The molecule has 0 unspecified atom stereocenters. The van der Waals surface area contributed by atoms with Crippen molar-refractivity contribution in [1.29, 1.82) is 0 Å². The van der Waals surface area contributed by atoms with Gasteiger partial charge in [0.2, 0.25) is 5.91 Å². The van der Waals surface area contributed by atoms with Crippen LogP contribution in [0, 0.1) is 5.92 Å². The molecule has 3 rings (SSSR count). The largest absolute Gasteiger partial charge is 0.497 e. The van der Waals surface area contributed by atoms with Crippen LogP contribution in [-0.4, -0.2) is 31.5 Å². The average molecular weight is 366 g/mol. The second kappa shape index (κ2) is 8.25. The van der Waals surface area contributed by atoms with E-state index in [4.69, 9.17) is 4.74 Å². The van der Waals surface area contributed by atoms with Gasteiger partial charge < -0.3 is 15.0 Å². The van der Waals surface area contributed by atoms with Gasteiger partial charge in [0.1, 0.15) is 11.8 Å². The van der Waals surface area contributed by atoms with Gasteiger partial charge in [-0.25, -0.2) is 0 Å². The molecule has 2 aromatic rings. The number of para-hydroxylation sites is 1. The van der Waals surface area contributed by atoms with Crippen LogP contribution in [0.5, 0.6) is 5.75 Å². The normalized spacial score (nSPS) is 14.0. The number of carbonyl (C=O) groups is 2. The van der Waals surface area contributed by atoms with Gasteiger partial charge in [-0.05, 0) is 48.6 Å². The molecule has 0 bridgehead atoms. The molecule has 0 radical (unpaired) electrons. The molecule has 1 aliphatic heterocycles. The Bertz CT molecular complexity index is 832. The lowest BCUT2D eigenvalue weighted by Gasteiger charge is -2.26. The SMILES string of the molecule is COc1cccc(C(=O)N[C@@H](CC(C)C)C(=O)N2CCc3ccccc32)c1. The van der Waals surface area contributed by atoms with Crippen LogP contribution in [0.1, 0.15) is 36.2 Å². The number of fused-ring (bicyclic) bond motifs is 1. The van der Waals surface area contributed by atoms with Crippen molar-refractivity contribution in [2.75, 3.05) is 18.6 Å². The number of hydrogen-bond donors (Lipinski definition) is 1. The van der Waals surface area contributed by atoms with Gasteiger partial charge >= 0.3 is 0 Å². The molecule has 0 saturated carbocycles. The van der Waals surface area contributed by atoms with Crippen LogP contribution in [0.2, 0.25) is 0 Å². The third-order valence-electron chi connectivity index (χ3n) is 4.80. The summed E-state index contributed by atoms with van der Waals surface area (Å²) in [4.78, 5) is 27.8. The number of carbonyl (C=O) groups excluding carboxylic acids is 2. The standard InChI is InChI=1S/C22H26N2O3/c1-15(2)13-19(23-21(25)17-8-6-9-18(14-17)27-3)22(26)24-12-11-16-7-4-5-10-20(16)24/h4-10,14-15,19H,11-13H2,1-3H3,(H,23,25)/t19-/m0/s1. The van der Waals surface area contributed by atoms with E-state index in [0.717, 1.165) is 12.1 Å². The van der Waals surface area contributed by atoms with Crippen LogP contribution < -0.4 is 15.0 Å². The summed E-state index contributed by atoms with van der Waals surface area (Å²) < 4.78 is 5.19. The van der Waals surface area contributed by atoms with Crippen molar-refractivity contribution in [3.63, 3.8) is 0 Å². The fourth-order valence-electron chi connectivity index (χ4n) is 3.45. The highest BCUT2D eigenvalue weighted by atomic mass is 16.5. The fourth-order valence-corrected chi connectivity index (χ4v) is 3.45. The van der Waals surface area contributed by atoms with E-state index in [0.29, 0.717) is 24.3 Å². The summed E-state index contributed by atoms with van der Waals surface area (Å²) in [5, 5.41) is 2.94. The smallest absolute Gasteiger partial charge is 0.252 e. The van der Waals surface area contributed by atoms with Gasteiger partial charge in [0.25, 0.3) is 5.91 Å². The second-order valence-electron chi connectivity index (χ2n) is 7.26. The Balaban J connectivity index is 1.79. The topological polar surface area (TPSA) is 58.6 Å². The molecule has 27 heavy (non-hydrogen) atoms. The van der Waals surface area contributed by atoms with Gasteiger partial charge in [-0.2, -0.15) is 0 Å². The van der Waals surface area contributed by atoms with Gasteiger partial charge in [-0.1, -0.05) is 38.1 Å². The predicted octanol–water partition coefficient (Wildman–Crippen LogP) is 3.43. The molecule has 1 atom stereocenters. The first-order valence-electron chi connectivity index (χ1n) is 9.33. The van der Waals surface area contributed by atoms with Crippen LogP contribution in [0.3, 0.4) is 0 Å². The molecule has 2 aromatic carbocycles. The Morgan fingerprint density at radius 2 is 1.93 bits per heavy atom. The molecule has 0 aliphatic carbocycles. The number of rotatable bonds is 6. The fraction of sp³-hybridized carbons (Fsp3) is 0.364. The highest BCUT2D eigenvalue weighted by Crippen LogP contribution is 2.28. The quantitative estimate of drug-likeness (QED) is 0.852. The summed E-state index contributed by atoms with van der Waals surface area (Å²) in [6.07, 6.45) is 1.44. The Hall–Kier alpha value is -2.82. The summed E-state index contributed by atoms with van der Waals surface area (Å²) in [6, 6.07) is 14.3. The van der Waals surface area contributed by atoms with E-state index < -0.39 is 6.04 Å². The molecule has 142 valence electrons. The molecular formula is C22H26N2O3. The molecule has 1 N–H and O–H groups in total. The van der Waals surface area contributed by atoms with Crippen molar-refractivity contribution in [2.24, 2.45) is 5.92 Å². The molecule has 5 heteroatoms. The van der Waals surface area contributed by atoms with E-state index in [2.05, 4.69) is 25.2 Å². The van der Waals surface area contributed by atoms with E-state index in [9.17, 15) is 9.59 Å². The zero-order valence-corrected chi connectivity index (χ0v) is 16.1. The van der Waals surface area contributed by atoms with Crippen molar-refractivity contribution in [3.05, 3.63) is 59.7 Å². The summed E-state index contributed by atoms with van der Waals surface area (Å²) in [6.45, 7) is 4.76. The number of hydrogen-bond acceptors (Lipinski definition) is 3. The molecule has 1 aliphatic rings. The van der Waals surface area contributed by atoms with Gasteiger partial charge in [-0.3, -0.25) is 9.59 Å². The second-order valence-corrected chi connectivity index (χ2v) is 7.26. The minimum Gasteiger partial charge on any atom is -0.497 e. The van der Waals surface area contributed by atoms with Crippen LogP contribution in [0.4, 0.5) is 5.69 Å². The van der Waals surface area contributed by atoms with Gasteiger partial charge in [0.05, 0.1) is 7.11 Å². The molecular weight excluding hydrogens is 340 g/mol. The number of amides is 2. The zero-order valence-electron chi connectivity index (χ0n) is 16.1. The number of benzene rings is 2.